The maximum atomic E-state index is 11.5. The van der Waals surface area contributed by atoms with E-state index in [1.165, 1.54) is 13.8 Å². The minimum atomic E-state index is -1.50. The molecule has 0 aliphatic rings. The minimum Gasteiger partial charge on any atom is -0.480 e. The Labute approximate surface area is 99.4 Å². The first-order valence-electron chi connectivity index (χ1n) is 5.14. The van der Waals surface area contributed by atoms with Crippen LogP contribution in [0.15, 0.2) is 30.3 Å². The molecule has 1 aromatic rings. The van der Waals surface area contributed by atoms with E-state index >= 15 is 0 Å². The van der Waals surface area contributed by atoms with Crippen LogP contribution in [-0.2, 0) is 21.0 Å². The van der Waals surface area contributed by atoms with Crippen LogP contribution in [-0.4, -0.2) is 17.0 Å². The molecule has 0 saturated carbocycles. The predicted molar refractivity (Wildman–Crippen MR) is 60.8 cm³/mol. The van der Waals surface area contributed by atoms with Crippen LogP contribution in [0.25, 0.3) is 0 Å². The molecule has 2 N–H and O–H groups in total. The average molecular weight is 237 g/mol. The van der Waals surface area contributed by atoms with Crippen molar-refractivity contribution in [3.63, 3.8) is 0 Å². The number of hydroxylamine groups is 1. The SMILES string of the molecule is CC(C)(C(=O)O)C(=O)NOCc1ccccc1. The van der Waals surface area contributed by atoms with Crippen molar-refractivity contribution in [1.29, 1.82) is 0 Å². The second kappa shape index (κ2) is 5.45. The quantitative estimate of drug-likeness (QED) is 0.598. The Morgan fingerprint density at radius 1 is 1.29 bits per heavy atom. The molecule has 0 heterocycles. The van der Waals surface area contributed by atoms with Gasteiger partial charge < -0.3 is 5.11 Å². The molecule has 0 atom stereocenters. The zero-order valence-corrected chi connectivity index (χ0v) is 9.77. The molecule has 0 fully saturated rings. The Morgan fingerprint density at radius 3 is 2.41 bits per heavy atom. The first kappa shape index (κ1) is 13.2. The van der Waals surface area contributed by atoms with E-state index in [4.69, 9.17) is 9.94 Å². The summed E-state index contributed by atoms with van der Waals surface area (Å²) in [7, 11) is 0. The highest BCUT2D eigenvalue weighted by molar-refractivity contribution is 6.00. The summed E-state index contributed by atoms with van der Waals surface area (Å²) in [5.41, 5.74) is 1.52. The van der Waals surface area contributed by atoms with Gasteiger partial charge >= 0.3 is 5.97 Å². The van der Waals surface area contributed by atoms with Gasteiger partial charge in [-0.2, -0.15) is 0 Å². The smallest absolute Gasteiger partial charge is 0.318 e. The number of carbonyl (C=O) groups excluding carboxylic acids is 1. The predicted octanol–water partition coefficient (Wildman–Crippen LogP) is 1.35. The molecular formula is C12H15NO4. The van der Waals surface area contributed by atoms with Gasteiger partial charge in [0.1, 0.15) is 5.41 Å². The van der Waals surface area contributed by atoms with E-state index in [0.29, 0.717) is 0 Å². The van der Waals surface area contributed by atoms with Gasteiger partial charge in [-0.15, -0.1) is 0 Å². The fourth-order valence-corrected chi connectivity index (χ4v) is 0.984. The summed E-state index contributed by atoms with van der Waals surface area (Å²) in [6.45, 7) is 2.83. The van der Waals surface area contributed by atoms with Crippen LogP contribution in [0.4, 0.5) is 0 Å². The second-order valence-corrected chi connectivity index (χ2v) is 4.14. The lowest BCUT2D eigenvalue weighted by Crippen LogP contribution is -2.42. The molecule has 17 heavy (non-hydrogen) atoms. The molecule has 92 valence electrons. The van der Waals surface area contributed by atoms with Gasteiger partial charge in [0.05, 0.1) is 6.61 Å². The summed E-state index contributed by atoms with van der Waals surface area (Å²) in [6, 6.07) is 9.25. The van der Waals surface area contributed by atoms with E-state index in [0.717, 1.165) is 5.56 Å². The normalized spacial score (nSPS) is 10.9. The van der Waals surface area contributed by atoms with Crippen LogP contribution in [0.2, 0.25) is 0 Å². The van der Waals surface area contributed by atoms with Crippen molar-refractivity contribution in [3.8, 4) is 0 Å². The lowest BCUT2D eigenvalue weighted by molar-refractivity contribution is -0.159. The molecule has 5 heteroatoms. The summed E-state index contributed by atoms with van der Waals surface area (Å²) in [5.74, 6) is -1.88. The number of hydrogen-bond acceptors (Lipinski definition) is 3. The number of carboxylic acid groups (broad SMARTS) is 1. The third kappa shape index (κ3) is 3.57. The fraction of sp³-hybridized carbons (Fsp3) is 0.333. The van der Waals surface area contributed by atoms with Crippen molar-refractivity contribution < 1.29 is 19.5 Å². The standard InChI is InChI=1S/C12H15NO4/c1-12(2,11(15)16)10(14)13-17-8-9-6-4-3-5-7-9/h3-7H,8H2,1-2H3,(H,13,14)(H,15,16). The van der Waals surface area contributed by atoms with Gasteiger partial charge in [0.15, 0.2) is 0 Å². The molecule has 1 aromatic carbocycles. The van der Waals surface area contributed by atoms with Gasteiger partial charge in [-0.05, 0) is 19.4 Å². The van der Waals surface area contributed by atoms with E-state index < -0.39 is 17.3 Å². The van der Waals surface area contributed by atoms with Gasteiger partial charge in [0.25, 0.3) is 5.91 Å². The van der Waals surface area contributed by atoms with Crippen LogP contribution in [0.1, 0.15) is 19.4 Å². The monoisotopic (exact) mass is 237 g/mol. The number of carbonyl (C=O) groups is 2. The number of carboxylic acids is 1. The largest absolute Gasteiger partial charge is 0.480 e. The molecule has 5 nitrogen and oxygen atoms in total. The Balaban J connectivity index is 2.42. The molecule has 0 saturated heterocycles. The van der Waals surface area contributed by atoms with Crippen molar-refractivity contribution in [1.82, 2.24) is 5.48 Å². The van der Waals surface area contributed by atoms with E-state index in [1.807, 2.05) is 30.3 Å². The summed E-state index contributed by atoms with van der Waals surface area (Å²) in [4.78, 5) is 27.2. The maximum absolute atomic E-state index is 11.5. The molecule has 0 aliphatic heterocycles. The first-order valence-corrected chi connectivity index (χ1v) is 5.14. The lowest BCUT2D eigenvalue weighted by Gasteiger charge is -2.17. The minimum absolute atomic E-state index is 0.197. The number of hydrogen-bond donors (Lipinski definition) is 2. The van der Waals surface area contributed by atoms with E-state index in [2.05, 4.69) is 5.48 Å². The highest BCUT2D eigenvalue weighted by Crippen LogP contribution is 2.15. The maximum Gasteiger partial charge on any atom is 0.318 e. The second-order valence-electron chi connectivity index (χ2n) is 4.14. The zero-order valence-electron chi connectivity index (χ0n) is 9.77. The highest BCUT2D eigenvalue weighted by atomic mass is 16.7. The number of aliphatic carboxylic acids is 1. The van der Waals surface area contributed by atoms with Crippen LogP contribution in [0, 0.1) is 5.41 Å². The van der Waals surface area contributed by atoms with Crippen molar-refractivity contribution in [3.05, 3.63) is 35.9 Å². The molecular weight excluding hydrogens is 222 g/mol. The molecule has 0 aliphatic carbocycles. The number of amides is 1. The molecule has 0 aromatic heterocycles. The van der Waals surface area contributed by atoms with Crippen LogP contribution >= 0.6 is 0 Å². The third-order valence-electron chi connectivity index (χ3n) is 2.35. The van der Waals surface area contributed by atoms with Crippen molar-refractivity contribution >= 4 is 11.9 Å². The molecule has 1 rings (SSSR count). The van der Waals surface area contributed by atoms with Gasteiger partial charge in [0, 0.05) is 0 Å². The Bertz CT molecular complexity index is 400. The third-order valence-corrected chi connectivity index (χ3v) is 2.35. The summed E-state index contributed by atoms with van der Waals surface area (Å²) in [6.07, 6.45) is 0. The van der Waals surface area contributed by atoms with Gasteiger partial charge in [-0.1, -0.05) is 30.3 Å². The number of benzene rings is 1. The van der Waals surface area contributed by atoms with Crippen molar-refractivity contribution in [2.24, 2.45) is 5.41 Å². The Morgan fingerprint density at radius 2 is 1.88 bits per heavy atom. The van der Waals surface area contributed by atoms with E-state index in [9.17, 15) is 9.59 Å². The van der Waals surface area contributed by atoms with E-state index in [1.54, 1.807) is 0 Å². The average Bonchev–Trinajstić information content (AvgIpc) is 2.30. The van der Waals surface area contributed by atoms with Crippen LogP contribution in [0.5, 0.6) is 0 Å². The molecule has 1 amide bonds. The van der Waals surface area contributed by atoms with Crippen LogP contribution in [0.3, 0.4) is 0 Å². The molecule has 0 radical (unpaired) electrons. The molecule has 0 bridgehead atoms. The number of rotatable bonds is 5. The van der Waals surface area contributed by atoms with E-state index in [-0.39, 0.29) is 6.61 Å². The summed E-state index contributed by atoms with van der Waals surface area (Å²) in [5, 5.41) is 8.81. The Hall–Kier alpha value is -1.88. The zero-order chi connectivity index (χ0) is 12.9. The molecule has 0 spiro atoms. The number of nitrogens with one attached hydrogen (secondary N) is 1. The topological polar surface area (TPSA) is 75.6 Å². The van der Waals surface area contributed by atoms with Crippen molar-refractivity contribution in [2.75, 3.05) is 0 Å². The highest BCUT2D eigenvalue weighted by Gasteiger charge is 2.36. The summed E-state index contributed by atoms with van der Waals surface area (Å²) >= 11 is 0. The van der Waals surface area contributed by atoms with Gasteiger partial charge in [-0.3, -0.25) is 14.4 Å². The first-order chi connectivity index (χ1) is 7.94. The lowest BCUT2D eigenvalue weighted by atomic mass is 9.93. The Kier molecular flexibility index (Phi) is 4.23. The van der Waals surface area contributed by atoms with Gasteiger partial charge in [0.2, 0.25) is 0 Å². The summed E-state index contributed by atoms with van der Waals surface area (Å²) < 4.78 is 0. The van der Waals surface area contributed by atoms with Crippen LogP contribution < -0.4 is 5.48 Å². The fourth-order valence-electron chi connectivity index (χ4n) is 0.984. The van der Waals surface area contributed by atoms with Gasteiger partial charge in [-0.25, -0.2) is 5.48 Å². The molecule has 0 unspecified atom stereocenters. The van der Waals surface area contributed by atoms with Crippen molar-refractivity contribution in [2.45, 2.75) is 20.5 Å².